The standard InChI is InChI=1S/C29H26ClF3N2O3.C28H23ClF3NO3.CH5NO/c1-36-35-27(19-6-7-19)17-37-21-11-8-18(9-12-21)20-10-13-23(28(16-20)38-29(31,32)33)26-15-14-25(34-26)22-4-2-3-5-24(22)30;29-23-4-2-1-3-21(23)24-13-14-25(33-24)22-12-9-19(15-27(22)36-28(30,31)32)17-7-10-20(11-8-17)35-16-26(34)18-5-6-18;1-3-2/h2-5,8-13,16,19,26H,6-7,14-15,17H2,1H3;1-4,7-12,15,18,25H,5-6,13-14,16H2;2H2,1H3/b35-27+;;. The summed E-state index contributed by atoms with van der Waals surface area (Å²) in [5.74, 6) is 5.61. The van der Waals surface area contributed by atoms with Crippen molar-refractivity contribution in [3.05, 3.63) is 166 Å². The minimum Gasteiger partial charge on any atom is -0.488 e. The van der Waals surface area contributed by atoms with E-state index in [1.807, 2.05) is 36.4 Å². The lowest BCUT2D eigenvalue weighted by Crippen LogP contribution is -2.18. The second-order valence-electron chi connectivity index (χ2n) is 18.5. The molecule has 2 saturated carbocycles. The summed E-state index contributed by atoms with van der Waals surface area (Å²) in [6.07, 6.45) is -3.33. The fourth-order valence-electron chi connectivity index (χ4n) is 8.91. The summed E-state index contributed by atoms with van der Waals surface area (Å²) in [7, 11) is 2.91. The lowest BCUT2D eigenvalue weighted by molar-refractivity contribution is -0.276. The Morgan fingerprint density at radius 3 is 1.36 bits per heavy atom. The van der Waals surface area contributed by atoms with Gasteiger partial charge < -0.3 is 28.6 Å². The number of aliphatic imine (C=N–C) groups is 2. The van der Waals surface area contributed by atoms with Crippen molar-refractivity contribution in [3.8, 4) is 45.3 Å². The molecule has 2 aliphatic heterocycles. The third-order valence-corrected chi connectivity index (χ3v) is 13.6. The molecule has 0 saturated heterocycles. The molecule has 4 aliphatic rings. The molecule has 0 spiro atoms. The molecular weight excluding hydrogens is 1050 g/mol. The van der Waals surface area contributed by atoms with Crippen molar-refractivity contribution in [1.82, 2.24) is 0 Å². The maximum absolute atomic E-state index is 13.3. The summed E-state index contributed by atoms with van der Waals surface area (Å²) in [4.78, 5) is 29.9. The minimum absolute atomic E-state index is 0.0281. The van der Waals surface area contributed by atoms with Gasteiger partial charge in [-0.05, 0) is 122 Å². The maximum Gasteiger partial charge on any atom is 0.573 e. The van der Waals surface area contributed by atoms with Gasteiger partial charge in [0.15, 0.2) is 5.78 Å². The predicted molar refractivity (Wildman–Crippen MR) is 284 cm³/mol. The van der Waals surface area contributed by atoms with Gasteiger partial charge in [-0.15, -0.1) is 26.3 Å². The molecule has 2 atom stereocenters. The number of alkyl halides is 6. The Bertz CT molecular complexity index is 3090. The number of ketones is 1. The molecule has 2 heterocycles. The van der Waals surface area contributed by atoms with E-state index in [1.165, 1.54) is 26.4 Å². The number of benzene rings is 6. The molecule has 6 aromatic carbocycles. The second kappa shape index (κ2) is 25.5. The molecule has 19 heteroatoms. The number of ether oxygens (including phenoxy) is 4. The molecule has 2 fully saturated rings. The van der Waals surface area contributed by atoms with Crippen LogP contribution in [-0.2, 0) is 14.5 Å². The number of hydrogen-bond acceptors (Lipinski definition) is 11. The van der Waals surface area contributed by atoms with Crippen molar-refractivity contribution >= 4 is 46.1 Å². The normalized spacial score (nSPS) is 17.2. The first kappa shape index (κ1) is 56.3. The highest BCUT2D eigenvalue weighted by Crippen LogP contribution is 2.43. The van der Waals surface area contributed by atoms with Gasteiger partial charge in [-0.25, -0.2) is 5.90 Å². The summed E-state index contributed by atoms with van der Waals surface area (Å²) in [6, 6.07) is 37.4. The molecular formula is C58H54Cl2F6N4O7. The number of nitrogens with two attached hydrogens (primary N) is 1. The van der Waals surface area contributed by atoms with Gasteiger partial charge in [0.25, 0.3) is 0 Å². The molecule has 77 heavy (non-hydrogen) atoms. The number of hydrogen-bond donors (Lipinski definition) is 1. The largest absolute Gasteiger partial charge is 0.573 e. The lowest BCUT2D eigenvalue weighted by Gasteiger charge is -2.17. The van der Waals surface area contributed by atoms with Crippen LogP contribution in [0.15, 0.2) is 149 Å². The van der Waals surface area contributed by atoms with Crippen LogP contribution in [0.3, 0.4) is 0 Å². The fraction of sp³-hybridized carbons (Fsp3) is 0.310. The molecule has 6 aromatic rings. The monoisotopic (exact) mass is 1100 g/mol. The summed E-state index contributed by atoms with van der Waals surface area (Å²) >= 11 is 12.6. The van der Waals surface area contributed by atoms with E-state index >= 15 is 0 Å². The van der Waals surface area contributed by atoms with Gasteiger partial charge in [0.2, 0.25) is 0 Å². The van der Waals surface area contributed by atoms with Crippen LogP contribution in [0.25, 0.3) is 22.3 Å². The van der Waals surface area contributed by atoms with Crippen LogP contribution < -0.4 is 24.8 Å². The third-order valence-electron chi connectivity index (χ3n) is 12.9. The Morgan fingerprint density at radius 2 is 0.974 bits per heavy atom. The fourth-order valence-corrected chi connectivity index (χ4v) is 9.40. The van der Waals surface area contributed by atoms with E-state index in [0.29, 0.717) is 87.6 Å². The van der Waals surface area contributed by atoms with Crippen LogP contribution >= 0.6 is 23.2 Å². The number of nitrogens with zero attached hydrogens (tertiary/aromatic N) is 3. The minimum atomic E-state index is -4.84. The van der Waals surface area contributed by atoms with Crippen molar-refractivity contribution in [2.75, 3.05) is 27.4 Å². The molecule has 0 radical (unpaired) electrons. The zero-order chi connectivity index (χ0) is 54.7. The predicted octanol–water partition coefficient (Wildman–Crippen LogP) is 15.1. The van der Waals surface area contributed by atoms with E-state index in [4.69, 9.17) is 42.5 Å². The second-order valence-corrected chi connectivity index (χ2v) is 19.3. The van der Waals surface area contributed by atoms with Crippen LogP contribution in [0.1, 0.15) is 85.7 Å². The molecule has 0 amide bonds. The molecule has 2 N–H and O–H groups in total. The van der Waals surface area contributed by atoms with Crippen LogP contribution in [0.5, 0.6) is 23.0 Å². The van der Waals surface area contributed by atoms with Gasteiger partial charge in [0.05, 0.1) is 24.9 Å². The van der Waals surface area contributed by atoms with Gasteiger partial charge in [0.1, 0.15) is 43.3 Å². The number of Topliss-reactive ketones (excluding diaryl/α,β-unsaturated/α-hetero) is 1. The maximum atomic E-state index is 13.3. The van der Waals surface area contributed by atoms with Gasteiger partial charge in [-0.1, -0.05) is 113 Å². The van der Waals surface area contributed by atoms with E-state index in [9.17, 15) is 31.1 Å². The van der Waals surface area contributed by atoms with Crippen molar-refractivity contribution in [1.29, 1.82) is 0 Å². The smallest absolute Gasteiger partial charge is 0.488 e. The van der Waals surface area contributed by atoms with E-state index in [2.05, 4.69) is 30.4 Å². The van der Waals surface area contributed by atoms with Crippen molar-refractivity contribution in [2.24, 2.45) is 32.9 Å². The van der Waals surface area contributed by atoms with Crippen LogP contribution in [0.2, 0.25) is 10.0 Å². The summed E-state index contributed by atoms with van der Waals surface area (Å²) < 4.78 is 100. The van der Waals surface area contributed by atoms with E-state index < -0.39 is 24.8 Å². The van der Waals surface area contributed by atoms with Gasteiger partial charge in [-0.2, -0.15) is 0 Å². The Labute approximate surface area is 451 Å². The zero-order valence-corrected chi connectivity index (χ0v) is 43.4. The SMILES string of the molecule is CO/N=C(\COc1ccc(-c2ccc(C3CCC(c4ccccc4Cl)=N3)c(OC(F)(F)F)c2)cc1)C1CC1.CON.O=C(COc1ccc(-c2ccc(C3CCC(c4ccccc4Cl)=N3)c(OC(F)(F)F)c2)cc1)C1CC1. The van der Waals surface area contributed by atoms with Crippen LogP contribution in [0, 0.1) is 11.8 Å². The number of carbonyl (C=O) groups excluding carboxylic acids is 1. The van der Waals surface area contributed by atoms with E-state index in [-0.39, 0.29) is 29.8 Å². The van der Waals surface area contributed by atoms with Gasteiger partial charge in [0, 0.05) is 55.6 Å². The van der Waals surface area contributed by atoms with Crippen molar-refractivity contribution in [2.45, 2.75) is 76.2 Å². The first-order valence-corrected chi connectivity index (χ1v) is 25.5. The highest BCUT2D eigenvalue weighted by molar-refractivity contribution is 6.34. The number of rotatable bonds is 17. The van der Waals surface area contributed by atoms with Crippen LogP contribution in [0.4, 0.5) is 26.3 Å². The average molecular weight is 1100 g/mol. The summed E-state index contributed by atoms with van der Waals surface area (Å²) in [5.41, 5.74) is 7.34. The Morgan fingerprint density at radius 1 is 0.571 bits per heavy atom. The van der Waals surface area contributed by atoms with Gasteiger partial charge >= 0.3 is 12.7 Å². The van der Waals surface area contributed by atoms with Crippen molar-refractivity contribution < 1.29 is 59.8 Å². The van der Waals surface area contributed by atoms with Crippen molar-refractivity contribution in [3.63, 3.8) is 0 Å². The lowest BCUT2D eigenvalue weighted by atomic mass is 9.98. The average Bonchev–Trinajstić information content (AvgIpc) is 4.35. The molecule has 2 aliphatic carbocycles. The first-order valence-electron chi connectivity index (χ1n) is 24.7. The Kier molecular flexibility index (Phi) is 18.6. The Hall–Kier alpha value is -6.92. The number of halogens is 8. The topological polar surface area (TPSA) is 136 Å². The molecule has 404 valence electrons. The highest BCUT2D eigenvalue weighted by atomic mass is 35.5. The Balaban J connectivity index is 0.000000194. The number of carbonyl (C=O) groups is 1. The summed E-state index contributed by atoms with van der Waals surface area (Å²) in [5, 5.41) is 5.17. The third kappa shape index (κ3) is 15.8. The molecule has 0 aromatic heterocycles. The van der Waals surface area contributed by atoms with Crippen LogP contribution in [-0.4, -0.2) is 63.1 Å². The number of oxime groups is 1. The molecule has 0 bridgehead atoms. The molecule has 11 nitrogen and oxygen atoms in total. The van der Waals surface area contributed by atoms with Gasteiger partial charge in [-0.3, -0.25) is 14.8 Å². The molecule has 10 rings (SSSR count). The first-order chi connectivity index (χ1) is 37.0. The highest BCUT2D eigenvalue weighted by Gasteiger charge is 2.36. The summed E-state index contributed by atoms with van der Waals surface area (Å²) in [6.45, 7) is 0.356. The molecule has 2 unspecified atom stereocenters. The quantitative estimate of drug-likeness (QED) is 0.0542. The van der Waals surface area contributed by atoms with E-state index in [1.54, 1.807) is 84.9 Å². The van der Waals surface area contributed by atoms with E-state index in [0.717, 1.165) is 59.5 Å². The zero-order valence-electron chi connectivity index (χ0n) is 41.9.